The summed E-state index contributed by atoms with van der Waals surface area (Å²) in [7, 11) is 0. The molecule has 0 aromatic heterocycles. The van der Waals surface area contributed by atoms with Crippen molar-refractivity contribution in [3.63, 3.8) is 0 Å². The van der Waals surface area contributed by atoms with E-state index in [1.54, 1.807) is 11.8 Å². The van der Waals surface area contributed by atoms with Crippen LogP contribution in [0.5, 0.6) is 11.5 Å². The van der Waals surface area contributed by atoms with Gasteiger partial charge in [0.15, 0.2) is 16.7 Å². The molecule has 1 N–H and O–H groups in total. The van der Waals surface area contributed by atoms with Crippen LogP contribution >= 0.6 is 11.8 Å². The molecule has 1 aromatic carbocycles. The predicted molar refractivity (Wildman–Crippen MR) is 77.9 cm³/mol. The van der Waals surface area contributed by atoms with E-state index < -0.39 is 0 Å². The molecular weight excluding hydrogens is 260 g/mol. The molecule has 102 valence electrons. The summed E-state index contributed by atoms with van der Waals surface area (Å²) in [4.78, 5) is 4.64. The second-order valence-corrected chi connectivity index (χ2v) is 6.04. The maximum atomic E-state index is 5.37. The van der Waals surface area contributed by atoms with Gasteiger partial charge in [0.05, 0.1) is 6.54 Å². The lowest BCUT2D eigenvalue weighted by atomic mass is 10.1. The van der Waals surface area contributed by atoms with Gasteiger partial charge in [0.2, 0.25) is 6.79 Å². The van der Waals surface area contributed by atoms with Crippen molar-refractivity contribution in [2.24, 2.45) is 10.9 Å². The van der Waals surface area contributed by atoms with Crippen LogP contribution in [-0.4, -0.2) is 23.8 Å². The fraction of sp³-hybridized carbons (Fsp3) is 0.500. The van der Waals surface area contributed by atoms with E-state index in [0.29, 0.717) is 25.3 Å². The van der Waals surface area contributed by atoms with Crippen LogP contribution in [0.2, 0.25) is 0 Å². The highest BCUT2D eigenvalue weighted by Crippen LogP contribution is 2.32. The lowest BCUT2D eigenvalue weighted by Gasteiger charge is -2.28. The van der Waals surface area contributed by atoms with Crippen molar-refractivity contribution in [2.75, 3.05) is 12.5 Å². The van der Waals surface area contributed by atoms with Crippen molar-refractivity contribution < 1.29 is 9.47 Å². The summed E-state index contributed by atoms with van der Waals surface area (Å²) in [6.07, 6.45) is 0. The number of nitrogens with zero attached hydrogens (tertiary/aromatic N) is 1. The standard InChI is InChI=1S/C14H18N2O2S/c1-9-7-19-14(16-10(9)2)15-6-11-3-4-12-13(5-11)18-8-17-12/h3-5,9-10H,6-8H2,1-2H3,(H,15,16). The molecule has 0 aliphatic carbocycles. The van der Waals surface area contributed by atoms with Gasteiger partial charge >= 0.3 is 0 Å². The van der Waals surface area contributed by atoms with E-state index in [9.17, 15) is 0 Å². The molecule has 0 saturated carbocycles. The van der Waals surface area contributed by atoms with Crippen molar-refractivity contribution in [3.05, 3.63) is 23.8 Å². The van der Waals surface area contributed by atoms with E-state index in [1.807, 2.05) is 18.2 Å². The summed E-state index contributed by atoms with van der Waals surface area (Å²) >= 11 is 1.80. The second kappa shape index (κ2) is 5.33. The number of rotatable bonds is 2. The molecule has 2 unspecified atom stereocenters. The molecule has 0 radical (unpaired) electrons. The van der Waals surface area contributed by atoms with Gasteiger partial charge in [-0.1, -0.05) is 24.8 Å². The second-order valence-electron chi connectivity index (χ2n) is 5.03. The third-order valence-corrected chi connectivity index (χ3v) is 4.74. The van der Waals surface area contributed by atoms with Gasteiger partial charge < -0.3 is 14.8 Å². The first kappa shape index (κ1) is 12.7. The van der Waals surface area contributed by atoms with E-state index in [2.05, 4.69) is 24.2 Å². The predicted octanol–water partition coefficient (Wildman–Crippen LogP) is 2.63. The number of fused-ring (bicyclic) bond motifs is 1. The number of hydrogen-bond acceptors (Lipinski definition) is 4. The average molecular weight is 278 g/mol. The normalized spacial score (nSPS) is 27.4. The summed E-state index contributed by atoms with van der Waals surface area (Å²) in [5, 5.41) is 4.49. The van der Waals surface area contributed by atoms with Crippen LogP contribution < -0.4 is 14.8 Å². The Kier molecular flexibility index (Phi) is 3.55. The average Bonchev–Trinajstić information content (AvgIpc) is 2.87. The molecule has 0 spiro atoms. The molecule has 2 aliphatic rings. The lowest BCUT2D eigenvalue weighted by molar-refractivity contribution is 0.174. The van der Waals surface area contributed by atoms with Gasteiger partial charge in [-0.15, -0.1) is 0 Å². The molecule has 19 heavy (non-hydrogen) atoms. The Bertz CT molecular complexity index is 504. The molecule has 3 rings (SSSR count). The fourth-order valence-corrected chi connectivity index (χ4v) is 3.16. The monoisotopic (exact) mass is 278 g/mol. The highest BCUT2D eigenvalue weighted by atomic mass is 32.2. The Morgan fingerprint density at radius 3 is 3.00 bits per heavy atom. The number of amidine groups is 1. The number of ether oxygens (including phenoxy) is 2. The Morgan fingerprint density at radius 2 is 2.16 bits per heavy atom. The van der Waals surface area contributed by atoms with Gasteiger partial charge in [-0.3, -0.25) is 4.99 Å². The topological polar surface area (TPSA) is 42.9 Å². The fourth-order valence-electron chi connectivity index (χ4n) is 2.03. The summed E-state index contributed by atoms with van der Waals surface area (Å²) in [6.45, 7) is 5.47. The smallest absolute Gasteiger partial charge is 0.231 e. The van der Waals surface area contributed by atoms with E-state index in [1.165, 1.54) is 0 Å². The number of benzene rings is 1. The molecule has 1 fully saturated rings. The minimum absolute atomic E-state index is 0.320. The Morgan fingerprint density at radius 1 is 1.32 bits per heavy atom. The van der Waals surface area contributed by atoms with Crippen LogP contribution in [-0.2, 0) is 6.54 Å². The summed E-state index contributed by atoms with van der Waals surface area (Å²) in [5.41, 5.74) is 1.14. The van der Waals surface area contributed by atoms with Gasteiger partial charge in [-0.2, -0.15) is 0 Å². The first-order chi connectivity index (χ1) is 9.22. The minimum atomic E-state index is 0.320. The zero-order chi connectivity index (χ0) is 13.2. The lowest BCUT2D eigenvalue weighted by Crippen LogP contribution is -2.41. The highest BCUT2D eigenvalue weighted by Gasteiger charge is 2.20. The molecule has 2 heterocycles. The SMILES string of the molecule is CC1CSC(=NCc2ccc3c(c2)OCO3)NC1C. The highest BCUT2D eigenvalue weighted by molar-refractivity contribution is 8.13. The van der Waals surface area contributed by atoms with Crippen LogP contribution in [0.3, 0.4) is 0 Å². The van der Waals surface area contributed by atoms with E-state index in [-0.39, 0.29) is 0 Å². The van der Waals surface area contributed by atoms with Crippen molar-refractivity contribution in [1.29, 1.82) is 0 Å². The van der Waals surface area contributed by atoms with Gasteiger partial charge in [-0.25, -0.2) is 0 Å². The Balaban J connectivity index is 1.66. The first-order valence-electron chi connectivity index (χ1n) is 6.54. The molecule has 1 saturated heterocycles. The van der Waals surface area contributed by atoms with E-state index in [0.717, 1.165) is 28.0 Å². The van der Waals surface area contributed by atoms with Crippen molar-refractivity contribution in [2.45, 2.75) is 26.4 Å². The maximum Gasteiger partial charge on any atom is 0.231 e. The van der Waals surface area contributed by atoms with Crippen LogP contribution in [0.25, 0.3) is 0 Å². The minimum Gasteiger partial charge on any atom is -0.454 e. The Hall–Kier alpha value is -1.36. The van der Waals surface area contributed by atoms with Crippen molar-refractivity contribution in [3.8, 4) is 11.5 Å². The first-order valence-corrected chi connectivity index (χ1v) is 7.53. The molecular formula is C14H18N2O2S. The molecule has 2 aliphatic heterocycles. The van der Waals surface area contributed by atoms with Crippen molar-refractivity contribution in [1.82, 2.24) is 5.32 Å². The third-order valence-electron chi connectivity index (χ3n) is 3.53. The number of nitrogens with one attached hydrogen (secondary N) is 1. The quantitative estimate of drug-likeness (QED) is 0.903. The van der Waals surface area contributed by atoms with Gasteiger partial charge in [0.1, 0.15) is 0 Å². The molecule has 0 amide bonds. The summed E-state index contributed by atoms with van der Waals surface area (Å²) in [5.74, 6) is 3.47. The zero-order valence-electron chi connectivity index (χ0n) is 11.2. The molecule has 1 aromatic rings. The number of thioether (sulfide) groups is 1. The number of hydrogen-bond donors (Lipinski definition) is 1. The maximum absolute atomic E-state index is 5.37. The van der Waals surface area contributed by atoms with E-state index in [4.69, 9.17) is 9.47 Å². The summed E-state index contributed by atoms with van der Waals surface area (Å²) < 4.78 is 10.7. The van der Waals surface area contributed by atoms with Crippen LogP contribution in [0.15, 0.2) is 23.2 Å². The van der Waals surface area contributed by atoms with Crippen molar-refractivity contribution >= 4 is 16.9 Å². The van der Waals surface area contributed by atoms with Crippen LogP contribution in [0, 0.1) is 5.92 Å². The zero-order valence-corrected chi connectivity index (χ0v) is 12.0. The van der Waals surface area contributed by atoms with Crippen LogP contribution in [0.1, 0.15) is 19.4 Å². The number of aliphatic imine (C=N–C) groups is 1. The largest absolute Gasteiger partial charge is 0.454 e. The molecule has 2 atom stereocenters. The molecule has 0 bridgehead atoms. The van der Waals surface area contributed by atoms with Gasteiger partial charge in [0.25, 0.3) is 0 Å². The van der Waals surface area contributed by atoms with Gasteiger partial charge in [-0.05, 0) is 30.5 Å². The summed E-state index contributed by atoms with van der Waals surface area (Å²) in [6, 6.07) is 6.49. The van der Waals surface area contributed by atoms with E-state index >= 15 is 0 Å². The third kappa shape index (κ3) is 2.81. The molecule has 5 heteroatoms. The van der Waals surface area contributed by atoms with Gasteiger partial charge in [0, 0.05) is 11.8 Å². The Labute approximate surface area is 117 Å². The van der Waals surface area contributed by atoms with Crippen LogP contribution in [0.4, 0.5) is 0 Å². The molecule has 4 nitrogen and oxygen atoms in total.